The van der Waals surface area contributed by atoms with Gasteiger partial charge in [0.1, 0.15) is 17.6 Å². The SMILES string of the molecule is CCc1nc(CC)n(C(C)c2ccc(C(=O)OC)o2)n1. The van der Waals surface area contributed by atoms with Gasteiger partial charge in [-0.3, -0.25) is 0 Å². The first kappa shape index (κ1) is 14.3. The Morgan fingerprint density at radius 1 is 1.40 bits per heavy atom. The monoisotopic (exact) mass is 277 g/mol. The number of aryl methyl sites for hydroxylation is 2. The second-order valence-corrected chi connectivity index (χ2v) is 4.47. The molecule has 2 rings (SSSR count). The van der Waals surface area contributed by atoms with Crippen LogP contribution in [0.5, 0.6) is 0 Å². The third-order valence-electron chi connectivity index (χ3n) is 3.17. The summed E-state index contributed by atoms with van der Waals surface area (Å²) in [4.78, 5) is 15.9. The zero-order valence-corrected chi connectivity index (χ0v) is 12.2. The van der Waals surface area contributed by atoms with Gasteiger partial charge in [0.2, 0.25) is 5.76 Å². The average Bonchev–Trinajstić information content (AvgIpc) is 3.11. The lowest BCUT2D eigenvalue weighted by Gasteiger charge is -2.11. The van der Waals surface area contributed by atoms with Gasteiger partial charge in [0, 0.05) is 12.8 Å². The lowest BCUT2D eigenvalue weighted by atomic mass is 10.2. The maximum atomic E-state index is 11.4. The maximum Gasteiger partial charge on any atom is 0.373 e. The van der Waals surface area contributed by atoms with E-state index in [0.717, 1.165) is 24.5 Å². The standard InChI is InChI=1S/C14H19N3O3/c1-5-12-15-13(6-2)17(16-12)9(3)10-7-8-11(20-10)14(18)19-4/h7-9H,5-6H2,1-4H3. The number of methoxy groups -OCH3 is 1. The van der Waals surface area contributed by atoms with Crippen LogP contribution >= 0.6 is 0 Å². The number of furan rings is 1. The fourth-order valence-electron chi connectivity index (χ4n) is 2.01. The number of ether oxygens (including phenoxy) is 1. The fourth-order valence-corrected chi connectivity index (χ4v) is 2.01. The Balaban J connectivity index is 2.30. The summed E-state index contributed by atoms with van der Waals surface area (Å²) in [5.74, 6) is 2.10. The molecule has 0 saturated heterocycles. The Labute approximate surface area is 117 Å². The van der Waals surface area contributed by atoms with E-state index in [4.69, 9.17) is 4.42 Å². The molecule has 2 aromatic heterocycles. The maximum absolute atomic E-state index is 11.4. The summed E-state index contributed by atoms with van der Waals surface area (Å²) in [5, 5.41) is 4.48. The second kappa shape index (κ2) is 5.90. The van der Waals surface area contributed by atoms with Gasteiger partial charge >= 0.3 is 5.97 Å². The van der Waals surface area contributed by atoms with Gasteiger partial charge in [-0.05, 0) is 19.1 Å². The van der Waals surface area contributed by atoms with Gasteiger partial charge in [-0.25, -0.2) is 14.5 Å². The number of carbonyl (C=O) groups excluding carboxylic acids is 1. The van der Waals surface area contributed by atoms with Crippen molar-refractivity contribution in [3.8, 4) is 0 Å². The van der Waals surface area contributed by atoms with Crippen LogP contribution in [0, 0.1) is 0 Å². The molecule has 1 unspecified atom stereocenters. The summed E-state index contributed by atoms with van der Waals surface area (Å²) in [6.07, 6.45) is 1.58. The predicted octanol–water partition coefficient (Wildman–Crippen LogP) is 2.39. The van der Waals surface area contributed by atoms with Crippen LogP contribution < -0.4 is 0 Å². The lowest BCUT2D eigenvalue weighted by Crippen LogP contribution is -2.11. The van der Waals surface area contributed by atoms with Crippen LogP contribution in [0.1, 0.15) is 54.8 Å². The van der Waals surface area contributed by atoms with Crippen molar-refractivity contribution in [3.05, 3.63) is 35.3 Å². The van der Waals surface area contributed by atoms with Crippen molar-refractivity contribution in [3.63, 3.8) is 0 Å². The molecule has 1 atom stereocenters. The Morgan fingerprint density at radius 3 is 2.75 bits per heavy atom. The molecule has 2 heterocycles. The first-order chi connectivity index (χ1) is 9.60. The van der Waals surface area contributed by atoms with E-state index in [2.05, 4.69) is 14.8 Å². The summed E-state index contributed by atoms with van der Waals surface area (Å²) in [6, 6.07) is 3.26. The molecule has 6 heteroatoms. The van der Waals surface area contributed by atoms with E-state index in [-0.39, 0.29) is 11.8 Å². The van der Waals surface area contributed by atoms with Crippen LogP contribution in [-0.2, 0) is 17.6 Å². The molecule has 0 aliphatic carbocycles. The van der Waals surface area contributed by atoms with E-state index in [1.165, 1.54) is 7.11 Å². The Bertz CT molecular complexity index is 601. The first-order valence-electron chi connectivity index (χ1n) is 6.73. The third-order valence-corrected chi connectivity index (χ3v) is 3.17. The van der Waals surface area contributed by atoms with Crippen molar-refractivity contribution < 1.29 is 13.9 Å². The zero-order chi connectivity index (χ0) is 14.7. The molecule has 0 aliphatic rings. The van der Waals surface area contributed by atoms with Crippen LogP contribution in [0.2, 0.25) is 0 Å². The van der Waals surface area contributed by atoms with Crippen LogP contribution in [0.25, 0.3) is 0 Å². The zero-order valence-electron chi connectivity index (χ0n) is 12.2. The van der Waals surface area contributed by atoms with Crippen molar-refractivity contribution in [1.29, 1.82) is 0 Å². The fraction of sp³-hybridized carbons (Fsp3) is 0.500. The number of hydrogen-bond acceptors (Lipinski definition) is 5. The van der Waals surface area contributed by atoms with Crippen LogP contribution in [0.4, 0.5) is 0 Å². The average molecular weight is 277 g/mol. The number of nitrogens with zero attached hydrogens (tertiary/aromatic N) is 3. The van der Waals surface area contributed by atoms with E-state index in [1.54, 1.807) is 12.1 Å². The Hall–Kier alpha value is -2.11. The van der Waals surface area contributed by atoms with E-state index < -0.39 is 5.97 Å². The minimum atomic E-state index is -0.480. The molecule has 0 saturated carbocycles. The highest BCUT2D eigenvalue weighted by molar-refractivity contribution is 5.86. The molecule has 20 heavy (non-hydrogen) atoms. The molecule has 0 bridgehead atoms. The molecule has 0 amide bonds. The van der Waals surface area contributed by atoms with Crippen LogP contribution in [-0.4, -0.2) is 27.8 Å². The summed E-state index contributed by atoms with van der Waals surface area (Å²) in [7, 11) is 1.33. The number of carbonyl (C=O) groups is 1. The summed E-state index contributed by atoms with van der Waals surface area (Å²) < 4.78 is 12.0. The molecule has 0 fully saturated rings. The number of esters is 1. The number of rotatable bonds is 5. The van der Waals surface area contributed by atoms with Gasteiger partial charge < -0.3 is 9.15 Å². The highest BCUT2D eigenvalue weighted by Gasteiger charge is 2.20. The summed E-state index contributed by atoms with van der Waals surface area (Å²) >= 11 is 0. The molecule has 0 radical (unpaired) electrons. The topological polar surface area (TPSA) is 70.2 Å². The van der Waals surface area contributed by atoms with Crippen molar-refractivity contribution >= 4 is 5.97 Å². The van der Waals surface area contributed by atoms with Crippen molar-refractivity contribution in [2.24, 2.45) is 0 Å². The molecular formula is C14H19N3O3. The van der Waals surface area contributed by atoms with Gasteiger partial charge in [-0.15, -0.1) is 0 Å². The Kier molecular flexibility index (Phi) is 4.22. The highest BCUT2D eigenvalue weighted by Crippen LogP contribution is 2.22. The van der Waals surface area contributed by atoms with Gasteiger partial charge in [-0.2, -0.15) is 5.10 Å². The van der Waals surface area contributed by atoms with Gasteiger partial charge in [-0.1, -0.05) is 13.8 Å². The van der Waals surface area contributed by atoms with E-state index >= 15 is 0 Å². The Morgan fingerprint density at radius 2 is 2.15 bits per heavy atom. The van der Waals surface area contributed by atoms with Crippen molar-refractivity contribution in [2.45, 2.75) is 39.7 Å². The summed E-state index contributed by atoms with van der Waals surface area (Å²) in [5.41, 5.74) is 0. The van der Waals surface area contributed by atoms with Crippen LogP contribution in [0.15, 0.2) is 16.5 Å². The van der Waals surface area contributed by atoms with Gasteiger partial charge in [0.05, 0.1) is 7.11 Å². The van der Waals surface area contributed by atoms with E-state index in [0.29, 0.717) is 5.76 Å². The van der Waals surface area contributed by atoms with E-state index in [9.17, 15) is 4.79 Å². The van der Waals surface area contributed by atoms with E-state index in [1.807, 2.05) is 25.5 Å². The smallest absolute Gasteiger partial charge is 0.373 e. The van der Waals surface area contributed by atoms with Crippen molar-refractivity contribution in [2.75, 3.05) is 7.11 Å². The first-order valence-corrected chi connectivity index (χ1v) is 6.73. The molecule has 6 nitrogen and oxygen atoms in total. The lowest BCUT2D eigenvalue weighted by molar-refractivity contribution is 0.0562. The van der Waals surface area contributed by atoms with Crippen molar-refractivity contribution in [1.82, 2.24) is 14.8 Å². The number of aromatic nitrogens is 3. The second-order valence-electron chi connectivity index (χ2n) is 4.47. The third kappa shape index (κ3) is 2.59. The molecule has 0 aromatic carbocycles. The normalized spacial score (nSPS) is 12.4. The number of hydrogen-bond donors (Lipinski definition) is 0. The largest absolute Gasteiger partial charge is 0.463 e. The minimum absolute atomic E-state index is 0.115. The minimum Gasteiger partial charge on any atom is -0.463 e. The van der Waals surface area contributed by atoms with Gasteiger partial charge in [0.25, 0.3) is 0 Å². The quantitative estimate of drug-likeness (QED) is 0.785. The van der Waals surface area contributed by atoms with Gasteiger partial charge in [0.15, 0.2) is 5.82 Å². The summed E-state index contributed by atoms with van der Waals surface area (Å²) in [6.45, 7) is 6.02. The predicted molar refractivity (Wildman–Crippen MR) is 72.6 cm³/mol. The molecule has 2 aromatic rings. The highest BCUT2D eigenvalue weighted by atomic mass is 16.5. The molecule has 0 spiro atoms. The van der Waals surface area contributed by atoms with Crippen LogP contribution in [0.3, 0.4) is 0 Å². The molecule has 108 valence electrons. The molecular weight excluding hydrogens is 258 g/mol. The molecule has 0 N–H and O–H groups in total. The molecule has 0 aliphatic heterocycles.